The Hall–Kier alpha value is -2.20. The van der Waals surface area contributed by atoms with Crippen molar-refractivity contribution in [2.75, 3.05) is 0 Å². The molecule has 6 N–H and O–H groups in total. The number of aromatic nitrogens is 1. The number of hydrogen-bond donors (Lipinski definition) is 4. The molecule has 1 atom stereocenters. The molecule has 0 aliphatic heterocycles. The number of aromatic amines is 1. The molecule has 0 radical (unpaired) electrons. The predicted octanol–water partition coefficient (Wildman–Crippen LogP) is 2.39. The summed E-state index contributed by atoms with van der Waals surface area (Å²) in [7, 11) is 0. The van der Waals surface area contributed by atoms with Crippen molar-refractivity contribution in [3.63, 3.8) is 0 Å². The van der Waals surface area contributed by atoms with Crippen LogP contribution >= 0.6 is 0 Å². The van der Waals surface area contributed by atoms with E-state index in [0.29, 0.717) is 12.1 Å². The number of nitrogens with two attached hydrogens (primary N) is 2. The zero-order valence-electron chi connectivity index (χ0n) is 12.7. The topological polar surface area (TPSA) is 79.9 Å². The number of nitrogens with one attached hydrogen (secondary N) is 2. The van der Waals surface area contributed by atoms with Crippen LogP contribution in [0, 0.1) is 0 Å². The van der Waals surface area contributed by atoms with Crippen molar-refractivity contribution in [3.8, 4) is 0 Å². The quantitative estimate of drug-likeness (QED) is 0.657. The summed E-state index contributed by atoms with van der Waals surface area (Å²) in [5, 5.41) is 4.46. The van der Waals surface area contributed by atoms with Crippen molar-refractivity contribution in [2.24, 2.45) is 11.5 Å². The van der Waals surface area contributed by atoms with E-state index in [1.807, 2.05) is 32.2 Å². The SMILES string of the molecule is C=C(NC(C)(C)C(=C)N)[C@H](N)Cc1c[nH]c2ccccc12. The minimum Gasteiger partial charge on any atom is -0.401 e. The Bertz CT molecular complexity index is 666. The molecule has 0 amide bonds. The Morgan fingerprint density at radius 2 is 2.00 bits per heavy atom. The van der Waals surface area contributed by atoms with E-state index in [4.69, 9.17) is 11.5 Å². The highest BCUT2D eigenvalue weighted by Gasteiger charge is 2.22. The fourth-order valence-electron chi connectivity index (χ4n) is 2.23. The second-order valence-electron chi connectivity index (χ2n) is 5.97. The van der Waals surface area contributed by atoms with Gasteiger partial charge in [0.15, 0.2) is 0 Å². The van der Waals surface area contributed by atoms with Crippen LogP contribution in [0.2, 0.25) is 0 Å². The Balaban J connectivity index is 2.09. The Kier molecular flexibility index (Phi) is 4.09. The van der Waals surface area contributed by atoms with E-state index in [0.717, 1.165) is 11.2 Å². The highest BCUT2D eigenvalue weighted by Crippen LogP contribution is 2.20. The van der Waals surface area contributed by atoms with Crippen LogP contribution in [0.15, 0.2) is 55.0 Å². The van der Waals surface area contributed by atoms with Crippen LogP contribution in [0.5, 0.6) is 0 Å². The van der Waals surface area contributed by atoms with Crippen LogP contribution in [-0.2, 0) is 6.42 Å². The van der Waals surface area contributed by atoms with Crippen LogP contribution < -0.4 is 16.8 Å². The molecule has 0 spiro atoms. The molecule has 0 aliphatic rings. The van der Waals surface area contributed by atoms with Crippen molar-refractivity contribution in [1.82, 2.24) is 10.3 Å². The number of hydrogen-bond acceptors (Lipinski definition) is 3. The lowest BCUT2D eigenvalue weighted by Gasteiger charge is -2.30. The summed E-state index contributed by atoms with van der Waals surface area (Å²) in [6.07, 6.45) is 2.72. The van der Waals surface area contributed by atoms with Crippen molar-refractivity contribution in [2.45, 2.75) is 31.8 Å². The molecular weight excluding hydrogens is 260 g/mol. The minimum atomic E-state index is -0.422. The van der Waals surface area contributed by atoms with Crippen LogP contribution in [0.1, 0.15) is 19.4 Å². The van der Waals surface area contributed by atoms with E-state index in [2.05, 4.69) is 35.6 Å². The third kappa shape index (κ3) is 3.28. The highest BCUT2D eigenvalue weighted by molar-refractivity contribution is 5.83. The fourth-order valence-corrected chi connectivity index (χ4v) is 2.23. The molecule has 0 unspecified atom stereocenters. The fraction of sp³-hybridized carbons (Fsp3) is 0.294. The van der Waals surface area contributed by atoms with Gasteiger partial charge in [-0.2, -0.15) is 0 Å². The van der Waals surface area contributed by atoms with Gasteiger partial charge in [0.25, 0.3) is 0 Å². The van der Waals surface area contributed by atoms with Crippen molar-refractivity contribution < 1.29 is 0 Å². The smallest absolute Gasteiger partial charge is 0.0703 e. The van der Waals surface area contributed by atoms with E-state index in [1.165, 1.54) is 10.9 Å². The number of rotatable bonds is 6. The molecule has 21 heavy (non-hydrogen) atoms. The maximum absolute atomic E-state index is 6.26. The maximum Gasteiger partial charge on any atom is 0.0703 e. The van der Waals surface area contributed by atoms with Gasteiger partial charge >= 0.3 is 0 Å². The van der Waals surface area contributed by atoms with Crippen molar-refractivity contribution >= 4 is 10.9 Å². The third-order valence-electron chi connectivity index (χ3n) is 3.84. The average Bonchev–Trinajstić information content (AvgIpc) is 2.81. The Morgan fingerprint density at radius 1 is 1.33 bits per heavy atom. The lowest BCUT2D eigenvalue weighted by atomic mass is 9.98. The number of H-pyrrole nitrogens is 1. The monoisotopic (exact) mass is 284 g/mol. The van der Waals surface area contributed by atoms with Gasteiger partial charge in [0.05, 0.1) is 5.54 Å². The number of benzene rings is 1. The normalized spacial score (nSPS) is 13.1. The number of para-hydroxylation sites is 1. The van der Waals surface area contributed by atoms with Crippen molar-refractivity contribution in [3.05, 3.63) is 60.6 Å². The third-order valence-corrected chi connectivity index (χ3v) is 3.84. The first-order chi connectivity index (χ1) is 9.81. The first kappa shape index (κ1) is 15.2. The molecular formula is C17H24N4. The molecule has 2 rings (SSSR count). The maximum atomic E-state index is 6.26. The largest absolute Gasteiger partial charge is 0.401 e. The number of fused-ring (bicyclic) bond motifs is 1. The molecule has 4 nitrogen and oxygen atoms in total. The minimum absolute atomic E-state index is 0.192. The molecule has 0 bridgehead atoms. The van der Waals surface area contributed by atoms with E-state index < -0.39 is 5.54 Å². The van der Waals surface area contributed by atoms with E-state index in [-0.39, 0.29) is 6.04 Å². The standard InChI is InChI=1S/C17H24N4/c1-11(21-17(3,4)12(2)18)15(19)9-13-10-20-16-8-6-5-7-14(13)16/h5-8,10,15,20-21H,1-2,9,18-19H2,3-4H3/t15-/m1/s1. The summed E-state index contributed by atoms with van der Waals surface area (Å²) in [5.41, 5.74) is 15.2. The summed E-state index contributed by atoms with van der Waals surface area (Å²) >= 11 is 0. The molecule has 2 aromatic rings. The Morgan fingerprint density at radius 3 is 2.67 bits per heavy atom. The van der Waals surface area contributed by atoms with Gasteiger partial charge in [0.1, 0.15) is 0 Å². The molecule has 4 heteroatoms. The second-order valence-corrected chi connectivity index (χ2v) is 5.97. The van der Waals surface area contributed by atoms with E-state index >= 15 is 0 Å². The van der Waals surface area contributed by atoms with Gasteiger partial charge < -0.3 is 21.8 Å². The van der Waals surface area contributed by atoms with Crippen LogP contribution in [0.3, 0.4) is 0 Å². The van der Waals surface area contributed by atoms with Gasteiger partial charge in [-0.05, 0) is 31.9 Å². The molecule has 1 aromatic carbocycles. The zero-order valence-corrected chi connectivity index (χ0v) is 12.7. The molecule has 1 heterocycles. The lowest BCUT2D eigenvalue weighted by Crippen LogP contribution is -2.47. The molecule has 112 valence electrons. The summed E-state index contributed by atoms with van der Waals surface area (Å²) in [6, 6.07) is 8.00. The molecule has 0 fully saturated rings. The first-order valence-corrected chi connectivity index (χ1v) is 7.03. The van der Waals surface area contributed by atoms with Crippen molar-refractivity contribution in [1.29, 1.82) is 0 Å². The van der Waals surface area contributed by atoms with Gasteiger partial charge in [-0.1, -0.05) is 31.4 Å². The van der Waals surface area contributed by atoms with Gasteiger partial charge in [-0.25, -0.2) is 0 Å². The highest BCUT2D eigenvalue weighted by atomic mass is 15.0. The zero-order chi connectivity index (χ0) is 15.6. The van der Waals surface area contributed by atoms with E-state index in [1.54, 1.807) is 0 Å². The van der Waals surface area contributed by atoms with Gasteiger partial charge in [0.2, 0.25) is 0 Å². The summed E-state index contributed by atoms with van der Waals surface area (Å²) in [5.74, 6) is 0. The van der Waals surface area contributed by atoms with Crippen LogP contribution in [0.4, 0.5) is 0 Å². The van der Waals surface area contributed by atoms with Gasteiger partial charge in [-0.15, -0.1) is 0 Å². The lowest BCUT2D eigenvalue weighted by molar-refractivity contribution is 0.474. The molecule has 0 saturated carbocycles. The molecule has 0 saturated heterocycles. The van der Waals surface area contributed by atoms with E-state index in [9.17, 15) is 0 Å². The predicted molar refractivity (Wildman–Crippen MR) is 89.7 cm³/mol. The average molecular weight is 284 g/mol. The van der Waals surface area contributed by atoms with Crippen LogP contribution in [-0.4, -0.2) is 16.6 Å². The summed E-state index contributed by atoms with van der Waals surface area (Å²) in [4.78, 5) is 3.26. The summed E-state index contributed by atoms with van der Waals surface area (Å²) < 4.78 is 0. The summed E-state index contributed by atoms with van der Waals surface area (Å²) in [6.45, 7) is 11.7. The van der Waals surface area contributed by atoms with Gasteiger partial charge in [0, 0.05) is 34.5 Å². The second kappa shape index (κ2) is 5.66. The van der Waals surface area contributed by atoms with Gasteiger partial charge in [-0.3, -0.25) is 0 Å². The molecule has 1 aromatic heterocycles. The Labute approximate surface area is 125 Å². The first-order valence-electron chi connectivity index (χ1n) is 7.03. The van der Waals surface area contributed by atoms with Crippen LogP contribution in [0.25, 0.3) is 10.9 Å². The molecule has 0 aliphatic carbocycles.